The van der Waals surface area contributed by atoms with Gasteiger partial charge in [0.05, 0.1) is 18.4 Å². The Kier molecular flexibility index (Phi) is 3.91. The quantitative estimate of drug-likeness (QED) is 0.710. The number of aliphatic hydroxyl groups is 2. The SMILES string of the molecule is Cc1ccc(-n2cnnc2)cc1NCC(O)CO. The summed E-state index contributed by atoms with van der Waals surface area (Å²) in [5.41, 5.74) is 2.91. The molecule has 0 saturated heterocycles. The van der Waals surface area contributed by atoms with Crippen LogP contribution in [0.3, 0.4) is 0 Å². The molecule has 1 unspecified atom stereocenters. The number of hydrogen-bond acceptors (Lipinski definition) is 5. The molecular weight excluding hydrogens is 232 g/mol. The molecule has 0 spiro atoms. The van der Waals surface area contributed by atoms with Crippen LogP contribution < -0.4 is 5.32 Å². The van der Waals surface area contributed by atoms with E-state index in [2.05, 4.69) is 15.5 Å². The van der Waals surface area contributed by atoms with Crippen molar-refractivity contribution in [1.29, 1.82) is 0 Å². The molecule has 1 atom stereocenters. The fraction of sp³-hybridized carbons (Fsp3) is 0.333. The van der Waals surface area contributed by atoms with Gasteiger partial charge in [0.2, 0.25) is 0 Å². The first-order valence-electron chi connectivity index (χ1n) is 5.69. The van der Waals surface area contributed by atoms with Crippen LogP contribution in [-0.2, 0) is 0 Å². The average molecular weight is 248 g/mol. The Morgan fingerprint density at radius 3 is 2.72 bits per heavy atom. The zero-order chi connectivity index (χ0) is 13.0. The lowest BCUT2D eigenvalue weighted by atomic mass is 10.1. The fourth-order valence-corrected chi connectivity index (χ4v) is 1.59. The summed E-state index contributed by atoms with van der Waals surface area (Å²) in [6.07, 6.45) is 2.48. The number of benzene rings is 1. The van der Waals surface area contributed by atoms with Crippen LogP contribution in [0, 0.1) is 6.92 Å². The Morgan fingerprint density at radius 2 is 2.06 bits per heavy atom. The van der Waals surface area contributed by atoms with Crippen molar-refractivity contribution in [2.24, 2.45) is 0 Å². The number of nitrogens with one attached hydrogen (secondary N) is 1. The molecule has 0 saturated carbocycles. The molecule has 6 heteroatoms. The number of rotatable bonds is 5. The van der Waals surface area contributed by atoms with Crippen molar-refractivity contribution in [1.82, 2.24) is 14.8 Å². The van der Waals surface area contributed by atoms with Gasteiger partial charge in [-0.2, -0.15) is 0 Å². The maximum atomic E-state index is 9.33. The molecule has 18 heavy (non-hydrogen) atoms. The third kappa shape index (κ3) is 2.85. The van der Waals surface area contributed by atoms with Crippen LogP contribution in [0.15, 0.2) is 30.9 Å². The summed E-state index contributed by atoms with van der Waals surface area (Å²) in [6.45, 7) is 2.03. The van der Waals surface area contributed by atoms with E-state index < -0.39 is 6.10 Å². The van der Waals surface area contributed by atoms with Crippen LogP contribution in [0.1, 0.15) is 5.56 Å². The number of anilines is 1. The van der Waals surface area contributed by atoms with E-state index in [1.54, 1.807) is 17.2 Å². The molecule has 1 aromatic heterocycles. The number of hydrogen-bond donors (Lipinski definition) is 3. The van der Waals surface area contributed by atoms with Gasteiger partial charge in [-0.25, -0.2) is 0 Å². The van der Waals surface area contributed by atoms with Gasteiger partial charge in [-0.3, -0.25) is 4.57 Å². The van der Waals surface area contributed by atoms with Crippen molar-refractivity contribution in [2.45, 2.75) is 13.0 Å². The molecule has 0 fully saturated rings. The van der Waals surface area contributed by atoms with Crippen molar-refractivity contribution in [3.05, 3.63) is 36.4 Å². The molecule has 0 bridgehead atoms. The predicted molar refractivity (Wildman–Crippen MR) is 67.7 cm³/mol. The van der Waals surface area contributed by atoms with E-state index in [4.69, 9.17) is 5.11 Å². The Hall–Kier alpha value is -1.92. The zero-order valence-corrected chi connectivity index (χ0v) is 10.1. The Labute approximate surface area is 105 Å². The first-order chi connectivity index (χ1) is 8.70. The maximum Gasteiger partial charge on any atom is 0.123 e. The number of nitrogens with zero attached hydrogens (tertiary/aromatic N) is 3. The highest BCUT2D eigenvalue weighted by Crippen LogP contribution is 2.19. The molecule has 6 nitrogen and oxygen atoms in total. The molecular formula is C12H16N4O2. The van der Waals surface area contributed by atoms with Gasteiger partial charge in [-0.05, 0) is 24.6 Å². The van der Waals surface area contributed by atoms with Crippen LogP contribution >= 0.6 is 0 Å². The largest absolute Gasteiger partial charge is 0.394 e. The van der Waals surface area contributed by atoms with E-state index in [9.17, 15) is 5.11 Å². The summed E-state index contributed by atoms with van der Waals surface area (Å²) in [5.74, 6) is 0. The van der Waals surface area contributed by atoms with Crippen molar-refractivity contribution in [3.8, 4) is 5.69 Å². The molecule has 0 aliphatic heterocycles. The van der Waals surface area contributed by atoms with E-state index in [0.717, 1.165) is 16.9 Å². The van der Waals surface area contributed by atoms with Gasteiger partial charge in [-0.15, -0.1) is 10.2 Å². The lowest BCUT2D eigenvalue weighted by Crippen LogP contribution is -2.23. The van der Waals surface area contributed by atoms with Gasteiger partial charge in [0.15, 0.2) is 0 Å². The molecule has 0 amide bonds. The summed E-state index contributed by atoms with van der Waals surface area (Å²) in [5, 5.41) is 28.7. The van der Waals surface area contributed by atoms with Crippen LogP contribution in [0.4, 0.5) is 5.69 Å². The zero-order valence-electron chi connectivity index (χ0n) is 10.1. The third-order valence-electron chi connectivity index (χ3n) is 2.68. The smallest absolute Gasteiger partial charge is 0.123 e. The second-order valence-corrected chi connectivity index (χ2v) is 4.09. The van der Waals surface area contributed by atoms with Crippen LogP contribution in [0.5, 0.6) is 0 Å². The first-order valence-corrected chi connectivity index (χ1v) is 5.69. The van der Waals surface area contributed by atoms with E-state index in [1.807, 2.05) is 25.1 Å². The molecule has 0 aliphatic rings. The molecule has 2 aromatic rings. The van der Waals surface area contributed by atoms with Crippen molar-refractivity contribution >= 4 is 5.69 Å². The minimum atomic E-state index is -0.761. The van der Waals surface area contributed by atoms with Crippen LogP contribution in [0.2, 0.25) is 0 Å². The minimum Gasteiger partial charge on any atom is -0.394 e. The normalized spacial score (nSPS) is 12.4. The third-order valence-corrected chi connectivity index (χ3v) is 2.68. The van der Waals surface area contributed by atoms with Crippen molar-refractivity contribution < 1.29 is 10.2 Å². The molecule has 96 valence electrons. The highest BCUT2D eigenvalue weighted by molar-refractivity contribution is 5.56. The van der Waals surface area contributed by atoms with E-state index in [-0.39, 0.29) is 6.61 Å². The summed E-state index contributed by atoms with van der Waals surface area (Å²) in [4.78, 5) is 0. The number of aromatic nitrogens is 3. The van der Waals surface area contributed by atoms with Gasteiger partial charge < -0.3 is 15.5 Å². The van der Waals surface area contributed by atoms with Crippen LogP contribution in [-0.4, -0.2) is 44.2 Å². The van der Waals surface area contributed by atoms with Gasteiger partial charge in [0.1, 0.15) is 12.7 Å². The summed E-state index contributed by atoms with van der Waals surface area (Å²) in [7, 11) is 0. The second kappa shape index (κ2) is 5.61. The van der Waals surface area contributed by atoms with Crippen molar-refractivity contribution in [3.63, 3.8) is 0 Å². The van der Waals surface area contributed by atoms with Gasteiger partial charge in [-0.1, -0.05) is 6.07 Å². The summed E-state index contributed by atoms with van der Waals surface area (Å²) in [6, 6.07) is 5.89. The number of aliphatic hydroxyl groups excluding tert-OH is 2. The lowest BCUT2D eigenvalue weighted by molar-refractivity contribution is 0.105. The standard InChI is InChI=1S/C12H16N4O2/c1-9-2-3-10(16-7-14-15-8-16)4-12(9)13-5-11(18)6-17/h2-4,7-8,11,13,17-18H,5-6H2,1H3. The van der Waals surface area contributed by atoms with E-state index in [1.165, 1.54) is 0 Å². The maximum absolute atomic E-state index is 9.33. The van der Waals surface area contributed by atoms with E-state index >= 15 is 0 Å². The van der Waals surface area contributed by atoms with Gasteiger partial charge in [0, 0.05) is 12.2 Å². The predicted octanol–water partition coefficient (Wildman–Crippen LogP) is 0.341. The van der Waals surface area contributed by atoms with Gasteiger partial charge in [0.25, 0.3) is 0 Å². The molecule has 0 aliphatic carbocycles. The van der Waals surface area contributed by atoms with Gasteiger partial charge >= 0.3 is 0 Å². The van der Waals surface area contributed by atoms with Crippen molar-refractivity contribution in [2.75, 3.05) is 18.5 Å². The fourth-order valence-electron chi connectivity index (χ4n) is 1.59. The topological polar surface area (TPSA) is 83.2 Å². The Bertz CT molecular complexity index is 499. The molecule has 1 heterocycles. The molecule has 2 rings (SSSR count). The molecule has 1 aromatic carbocycles. The Morgan fingerprint density at radius 1 is 1.33 bits per heavy atom. The minimum absolute atomic E-state index is 0.253. The number of aryl methyl sites for hydroxylation is 1. The lowest BCUT2D eigenvalue weighted by Gasteiger charge is -2.14. The van der Waals surface area contributed by atoms with E-state index in [0.29, 0.717) is 6.54 Å². The highest BCUT2D eigenvalue weighted by atomic mass is 16.3. The monoisotopic (exact) mass is 248 g/mol. The Balaban J connectivity index is 2.17. The van der Waals surface area contributed by atoms with Crippen LogP contribution in [0.25, 0.3) is 5.69 Å². The summed E-state index contributed by atoms with van der Waals surface area (Å²) < 4.78 is 1.80. The summed E-state index contributed by atoms with van der Waals surface area (Å²) >= 11 is 0. The average Bonchev–Trinajstić information content (AvgIpc) is 2.91. The second-order valence-electron chi connectivity index (χ2n) is 4.09. The molecule has 3 N–H and O–H groups in total. The highest BCUT2D eigenvalue weighted by Gasteiger charge is 2.05. The molecule has 0 radical (unpaired) electrons. The first kappa shape index (κ1) is 12.5.